The molecule has 2 aromatic rings. The summed E-state index contributed by atoms with van der Waals surface area (Å²) >= 11 is 0. The molecule has 21 heavy (non-hydrogen) atoms. The summed E-state index contributed by atoms with van der Waals surface area (Å²) in [5, 5.41) is 21.1. The van der Waals surface area contributed by atoms with Gasteiger partial charge < -0.3 is 19.4 Å². The van der Waals surface area contributed by atoms with Crippen LogP contribution in [0.1, 0.15) is 23.0 Å². The molecule has 1 fully saturated rings. The zero-order valence-corrected chi connectivity index (χ0v) is 12.4. The molecule has 1 aliphatic heterocycles. The van der Waals surface area contributed by atoms with Crippen LogP contribution in [0.15, 0.2) is 16.5 Å². The zero-order chi connectivity index (χ0) is 15.0. The average molecular weight is 291 g/mol. The van der Waals surface area contributed by atoms with Crippen LogP contribution in [0, 0.1) is 13.8 Å². The highest BCUT2D eigenvalue weighted by Gasteiger charge is 2.20. The van der Waals surface area contributed by atoms with Crippen LogP contribution < -0.4 is 0 Å². The minimum Gasteiger partial charge on any atom is -0.508 e. The molecule has 1 unspecified atom stereocenters. The number of phenols is 1. The second kappa shape index (κ2) is 5.67. The number of morpholine rings is 1. The molecule has 3 rings (SSSR count). The van der Waals surface area contributed by atoms with Crippen molar-refractivity contribution in [2.45, 2.75) is 20.0 Å². The van der Waals surface area contributed by atoms with E-state index < -0.39 is 6.10 Å². The van der Waals surface area contributed by atoms with Crippen molar-refractivity contribution in [3.05, 3.63) is 29.0 Å². The molecule has 1 aliphatic rings. The predicted molar refractivity (Wildman–Crippen MR) is 79.6 cm³/mol. The summed E-state index contributed by atoms with van der Waals surface area (Å²) in [6.07, 6.45) is -0.669. The molecule has 0 bridgehead atoms. The summed E-state index contributed by atoms with van der Waals surface area (Å²) in [6, 6.07) is 3.50. The van der Waals surface area contributed by atoms with Crippen molar-refractivity contribution in [1.29, 1.82) is 0 Å². The Morgan fingerprint density at radius 1 is 1.19 bits per heavy atom. The maximum atomic E-state index is 10.4. The third-order valence-corrected chi connectivity index (χ3v) is 4.22. The lowest BCUT2D eigenvalue weighted by Crippen LogP contribution is -2.38. The van der Waals surface area contributed by atoms with Crippen molar-refractivity contribution < 1.29 is 19.4 Å². The van der Waals surface area contributed by atoms with E-state index >= 15 is 0 Å². The first-order valence-electron chi connectivity index (χ1n) is 7.27. The number of aromatic hydroxyl groups is 1. The quantitative estimate of drug-likeness (QED) is 0.907. The summed E-state index contributed by atoms with van der Waals surface area (Å²) in [5.74, 6) is 0.805. The molecule has 1 aromatic heterocycles. The Bertz CT molecular complexity index is 643. The van der Waals surface area contributed by atoms with E-state index in [0.717, 1.165) is 35.2 Å². The van der Waals surface area contributed by atoms with Gasteiger partial charge in [-0.05, 0) is 37.1 Å². The molecular formula is C16H21NO4. The molecule has 114 valence electrons. The molecule has 2 heterocycles. The van der Waals surface area contributed by atoms with Gasteiger partial charge >= 0.3 is 0 Å². The van der Waals surface area contributed by atoms with Gasteiger partial charge in [0, 0.05) is 25.0 Å². The van der Waals surface area contributed by atoms with Crippen molar-refractivity contribution >= 4 is 11.0 Å². The van der Waals surface area contributed by atoms with Crippen molar-refractivity contribution in [2.75, 3.05) is 32.8 Å². The van der Waals surface area contributed by atoms with Gasteiger partial charge in [-0.1, -0.05) is 0 Å². The molecule has 2 N–H and O–H groups in total. The van der Waals surface area contributed by atoms with Gasteiger partial charge in [-0.25, -0.2) is 0 Å². The van der Waals surface area contributed by atoms with Gasteiger partial charge in [-0.3, -0.25) is 4.90 Å². The Morgan fingerprint density at radius 2 is 1.90 bits per heavy atom. The molecule has 0 amide bonds. The van der Waals surface area contributed by atoms with Crippen LogP contribution in [0.25, 0.3) is 11.0 Å². The topological polar surface area (TPSA) is 66.1 Å². The van der Waals surface area contributed by atoms with E-state index in [4.69, 9.17) is 9.15 Å². The number of ether oxygens (including phenoxy) is 1. The lowest BCUT2D eigenvalue weighted by molar-refractivity contribution is 0.0104. The molecule has 0 aliphatic carbocycles. The van der Waals surface area contributed by atoms with E-state index in [0.29, 0.717) is 25.5 Å². The van der Waals surface area contributed by atoms with Crippen LogP contribution >= 0.6 is 0 Å². The Morgan fingerprint density at radius 3 is 2.62 bits per heavy atom. The van der Waals surface area contributed by atoms with E-state index in [1.807, 2.05) is 19.9 Å². The number of hydrogen-bond acceptors (Lipinski definition) is 5. The van der Waals surface area contributed by atoms with E-state index in [1.165, 1.54) is 0 Å². The Kier molecular flexibility index (Phi) is 3.89. The first-order chi connectivity index (χ1) is 10.1. The standard InChI is InChI=1S/C16H21NO4/c1-10-11(2)16-12(7-13(10)18)8-15(21-16)14(19)9-17-3-5-20-6-4-17/h7-8,14,18-19H,3-6,9H2,1-2H3. The number of rotatable bonds is 3. The minimum atomic E-state index is -0.669. The molecule has 5 heteroatoms. The fourth-order valence-electron chi connectivity index (χ4n) is 2.73. The Labute approximate surface area is 123 Å². The summed E-state index contributed by atoms with van der Waals surface area (Å²) in [7, 11) is 0. The molecule has 0 spiro atoms. The first-order valence-corrected chi connectivity index (χ1v) is 7.27. The first kappa shape index (κ1) is 14.4. The zero-order valence-electron chi connectivity index (χ0n) is 12.4. The van der Waals surface area contributed by atoms with E-state index in [-0.39, 0.29) is 5.75 Å². The van der Waals surface area contributed by atoms with E-state index in [9.17, 15) is 10.2 Å². The maximum Gasteiger partial charge on any atom is 0.137 e. The molecule has 1 aromatic carbocycles. The highest BCUT2D eigenvalue weighted by atomic mass is 16.5. The van der Waals surface area contributed by atoms with Gasteiger partial charge in [0.05, 0.1) is 13.2 Å². The summed E-state index contributed by atoms with van der Waals surface area (Å²) in [4.78, 5) is 2.16. The van der Waals surface area contributed by atoms with Crippen LogP contribution in [0.3, 0.4) is 0 Å². The van der Waals surface area contributed by atoms with Gasteiger partial charge in [0.25, 0.3) is 0 Å². The third kappa shape index (κ3) is 2.77. The molecule has 1 saturated heterocycles. The minimum absolute atomic E-state index is 0.259. The SMILES string of the molecule is Cc1c(O)cc2cc(C(O)CN3CCOCC3)oc2c1C. The van der Waals surface area contributed by atoms with E-state index in [2.05, 4.69) is 4.90 Å². The number of furan rings is 1. The Hall–Kier alpha value is -1.56. The number of nitrogens with zero attached hydrogens (tertiary/aromatic N) is 1. The molecule has 0 saturated carbocycles. The largest absolute Gasteiger partial charge is 0.508 e. The van der Waals surface area contributed by atoms with Gasteiger partial charge in [-0.2, -0.15) is 0 Å². The van der Waals surface area contributed by atoms with Crippen molar-refractivity contribution in [2.24, 2.45) is 0 Å². The predicted octanol–water partition coefficient (Wildman–Crippen LogP) is 2.12. The number of benzene rings is 1. The monoisotopic (exact) mass is 291 g/mol. The highest BCUT2D eigenvalue weighted by molar-refractivity contribution is 5.84. The van der Waals surface area contributed by atoms with Crippen LogP contribution in [0.5, 0.6) is 5.75 Å². The third-order valence-electron chi connectivity index (χ3n) is 4.22. The van der Waals surface area contributed by atoms with Crippen LogP contribution in [0.4, 0.5) is 0 Å². The Balaban J connectivity index is 1.84. The van der Waals surface area contributed by atoms with Gasteiger partial charge in [0.2, 0.25) is 0 Å². The van der Waals surface area contributed by atoms with E-state index in [1.54, 1.807) is 6.07 Å². The van der Waals surface area contributed by atoms with Crippen molar-refractivity contribution in [3.63, 3.8) is 0 Å². The molecule has 1 atom stereocenters. The van der Waals surface area contributed by atoms with Gasteiger partial charge in [0.15, 0.2) is 0 Å². The number of fused-ring (bicyclic) bond motifs is 1. The second-order valence-corrected chi connectivity index (χ2v) is 5.64. The van der Waals surface area contributed by atoms with Crippen LogP contribution in [-0.4, -0.2) is 48.0 Å². The fraction of sp³-hybridized carbons (Fsp3) is 0.500. The fourth-order valence-corrected chi connectivity index (χ4v) is 2.73. The maximum absolute atomic E-state index is 10.4. The number of β-amino-alcohol motifs (C(OH)–C–C–N with tert-alkyl or cyclic N) is 1. The van der Waals surface area contributed by atoms with Crippen LogP contribution in [0.2, 0.25) is 0 Å². The number of hydrogen-bond donors (Lipinski definition) is 2. The molecular weight excluding hydrogens is 270 g/mol. The van der Waals surface area contributed by atoms with Gasteiger partial charge in [-0.15, -0.1) is 0 Å². The second-order valence-electron chi connectivity index (χ2n) is 5.64. The number of aliphatic hydroxyl groups excluding tert-OH is 1. The summed E-state index contributed by atoms with van der Waals surface area (Å²) in [6.45, 7) is 7.38. The summed E-state index contributed by atoms with van der Waals surface area (Å²) in [5.41, 5.74) is 2.46. The van der Waals surface area contributed by atoms with Gasteiger partial charge in [0.1, 0.15) is 23.2 Å². The number of aryl methyl sites for hydroxylation is 1. The number of phenolic OH excluding ortho intramolecular Hbond substituents is 1. The lowest BCUT2D eigenvalue weighted by Gasteiger charge is -2.27. The molecule has 5 nitrogen and oxygen atoms in total. The van der Waals surface area contributed by atoms with Crippen molar-refractivity contribution in [1.82, 2.24) is 4.90 Å². The number of aliphatic hydroxyl groups is 1. The van der Waals surface area contributed by atoms with Crippen molar-refractivity contribution in [3.8, 4) is 5.75 Å². The highest BCUT2D eigenvalue weighted by Crippen LogP contribution is 2.33. The lowest BCUT2D eigenvalue weighted by atomic mass is 10.1. The molecule has 0 radical (unpaired) electrons. The summed E-state index contributed by atoms with van der Waals surface area (Å²) < 4.78 is 11.1. The normalized spacial score (nSPS) is 18.2. The average Bonchev–Trinajstić information content (AvgIpc) is 2.90. The van der Waals surface area contributed by atoms with Crippen LogP contribution in [-0.2, 0) is 4.74 Å². The smallest absolute Gasteiger partial charge is 0.137 e.